The minimum absolute atomic E-state index is 0.174. The van der Waals surface area contributed by atoms with Gasteiger partial charge in [0.15, 0.2) is 0 Å². The van der Waals surface area contributed by atoms with E-state index in [4.69, 9.17) is 0 Å². The van der Waals surface area contributed by atoms with E-state index in [1.807, 2.05) is 54.8 Å². The number of hydrogen-bond donors (Lipinski definition) is 2. The Morgan fingerprint density at radius 3 is 2.88 bits per heavy atom. The van der Waals surface area contributed by atoms with Gasteiger partial charge in [0.25, 0.3) is 5.56 Å². The SMILES string of the molecule is C/C(=C\c1cccs1)C(=O)NCc1cc2cc(C)ccc2[nH]c1=O. The number of nitrogens with one attached hydrogen (secondary N) is 2. The van der Waals surface area contributed by atoms with Crippen LogP contribution in [0, 0.1) is 6.92 Å². The van der Waals surface area contributed by atoms with Crippen LogP contribution in [0.4, 0.5) is 0 Å². The molecule has 0 atom stereocenters. The van der Waals surface area contributed by atoms with E-state index in [0.29, 0.717) is 11.1 Å². The van der Waals surface area contributed by atoms with Crippen molar-refractivity contribution >= 4 is 34.2 Å². The van der Waals surface area contributed by atoms with Crippen molar-refractivity contribution in [3.05, 3.63) is 73.7 Å². The quantitative estimate of drug-likeness (QED) is 0.714. The van der Waals surface area contributed by atoms with E-state index in [9.17, 15) is 9.59 Å². The van der Waals surface area contributed by atoms with Crippen LogP contribution in [0.1, 0.15) is 22.9 Å². The molecular weight excluding hydrogens is 320 g/mol. The third-order valence-electron chi connectivity index (χ3n) is 3.78. The molecule has 0 spiro atoms. The molecule has 3 aromatic rings. The number of H-pyrrole nitrogens is 1. The van der Waals surface area contributed by atoms with Crippen LogP contribution in [0.5, 0.6) is 0 Å². The molecule has 0 bridgehead atoms. The van der Waals surface area contributed by atoms with Gasteiger partial charge in [0.1, 0.15) is 0 Å². The van der Waals surface area contributed by atoms with Crippen LogP contribution in [0.15, 0.2) is 52.1 Å². The number of rotatable bonds is 4. The smallest absolute Gasteiger partial charge is 0.253 e. The number of carbonyl (C=O) groups is 1. The lowest BCUT2D eigenvalue weighted by Crippen LogP contribution is -2.27. The molecule has 2 aromatic heterocycles. The fourth-order valence-electron chi connectivity index (χ4n) is 2.47. The summed E-state index contributed by atoms with van der Waals surface area (Å²) < 4.78 is 0. The van der Waals surface area contributed by atoms with Gasteiger partial charge < -0.3 is 10.3 Å². The highest BCUT2D eigenvalue weighted by Gasteiger charge is 2.08. The molecule has 0 radical (unpaired) electrons. The van der Waals surface area contributed by atoms with Crippen LogP contribution in [-0.2, 0) is 11.3 Å². The first-order chi connectivity index (χ1) is 11.5. The monoisotopic (exact) mass is 338 g/mol. The van der Waals surface area contributed by atoms with Gasteiger partial charge in [0.05, 0.1) is 0 Å². The minimum Gasteiger partial charge on any atom is -0.348 e. The first-order valence-corrected chi connectivity index (χ1v) is 8.53. The average Bonchev–Trinajstić information content (AvgIpc) is 3.05. The van der Waals surface area contributed by atoms with Crippen molar-refractivity contribution in [3.63, 3.8) is 0 Å². The van der Waals surface area contributed by atoms with Gasteiger partial charge in [-0.25, -0.2) is 0 Å². The van der Waals surface area contributed by atoms with Crippen molar-refractivity contribution in [3.8, 4) is 0 Å². The van der Waals surface area contributed by atoms with Crippen molar-refractivity contribution in [1.29, 1.82) is 0 Å². The number of thiophene rings is 1. The number of carbonyl (C=O) groups excluding carboxylic acids is 1. The summed E-state index contributed by atoms with van der Waals surface area (Å²) in [7, 11) is 0. The second-order valence-electron chi connectivity index (χ2n) is 5.74. The predicted molar refractivity (Wildman–Crippen MR) is 99.1 cm³/mol. The largest absolute Gasteiger partial charge is 0.348 e. The molecule has 2 N–H and O–H groups in total. The van der Waals surface area contributed by atoms with Crippen LogP contribution in [-0.4, -0.2) is 10.9 Å². The third kappa shape index (κ3) is 3.63. The van der Waals surface area contributed by atoms with E-state index < -0.39 is 0 Å². The molecule has 122 valence electrons. The summed E-state index contributed by atoms with van der Waals surface area (Å²) in [6, 6.07) is 11.6. The van der Waals surface area contributed by atoms with Crippen molar-refractivity contribution in [1.82, 2.24) is 10.3 Å². The summed E-state index contributed by atoms with van der Waals surface area (Å²) in [6.07, 6.45) is 1.84. The second kappa shape index (κ2) is 6.84. The van der Waals surface area contributed by atoms with E-state index >= 15 is 0 Å². The lowest BCUT2D eigenvalue weighted by atomic mass is 10.1. The van der Waals surface area contributed by atoms with Gasteiger partial charge in [-0.3, -0.25) is 9.59 Å². The molecule has 0 saturated heterocycles. The van der Waals surface area contributed by atoms with Gasteiger partial charge in [-0.15, -0.1) is 11.3 Å². The fourth-order valence-corrected chi connectivity index (χ4v) is 3.19. The molecule has 0 aliphatic carbocycles. The molecule has 0 unspecified atom stereocenters. The topological polar surface area (TPSA) is 62.0 Å². The first kappa shape index (κ1) is 16.2. The number of aryl methyl sites for hydroxylation is 1. The molecule has 1 amide bonds. The van der Waals surface area contributed by atoms with Crippen molar-refractivity contribution in [2.24, 2.45) is 0 Å². The van der Waals surface area contributed by atoms with Crippen LogP contribution in [0.3, 0.4) is 0 Å². The van der Waals surface area contributed by atoms with E-state index in [0.717, 1.165) is 21.3 Å². The number of hydrogen-bond acceptors (Lipinski definition) is 3. The van der Waals surface area contributed by atoms with Crippen LogP contribution in [0.25, 0.3) is 17.0 Å². The molecule has 3 rings (SSSR count). The standard InChI is InChI=1S/C19H18N2O2S/c1-12-5-6-17-14(8-12)10-15(19(23)21-17)11-20-18(22)13(2)9-16-4-3-7-24-16/h3-10H,11H2,1-2H3,(H,20,22)(H,21,23)/b13-9+. The minimum atomic E-state index is -0.174. The van der Waals surface area contributed by atoms with E-state index in [1.165, 1.54) is 0 Å². The van der Waals surface area contributed by atoms with Gasteiger partial charge >= 0.3 is 0 Å². The number of pyridine rings is 1. The number of aromatic amines is 1. The summed E-state index contributed by atoms with van der Waals surface area (Å²) in [5, 5.41) is 5.74. The first-order valence-electron chi connectivity index (χ1n) is 7.65. The lowest BCUT2D eigenvalue weighted by Gasteiger charge is -2.07. The Kier molecular flexibility index (Phi) is 4.62. The Hall–Kier alpha value is -2.66. The molecule has 24 heavy (non-hydrogen) atoms. The fraction of sp³-hybridized carbons (Fsp3) is 0.158. The van der Waals surface area contributed by atoms with Crippen LogP contribution >= 0.6 is 11.3 Å². The summed E-state index contributed by atoms with van der Waals surface area (Å²) in [5.74, 6) is -0.174. The molecule has 0 aliphatic heterocycles. The summed E-state index contributed by atoms with van der Waals surface area (Å²) >= 11 is 1.58. The highest BCUT2D eigenvalue weighted by atomic mass is 32.1. The zero-order chi connectivity index (χ0) is 17.1. The molecule has 1 aromatic carbocycles. The molecule has 4 nitrogen and oxygen atoms in total. The Bertz CT molecular complexity index is 969. The summed E-state index contributed by atoms with van der Waals surface area (Å²) in [4.78, 5) is 28.2. The maximum absolute atomic E-state index is 12.2. The van der Waals surface area contributed by atoms with E-state index in [-0.39, 0.29) is 18.0 Å². The van der Waals surface area contributed by atoms with E-state index in [2.05, 4.69) is 10.3 Å². The Balaban J connectivity index is 1.76. The van der Waals surface area contributed by atoms with Gasteiger partial charge in [-0.1, -0.05) is 17.7 Å². The molecule has 0 saturated carbocycles. The lowest BCUT2D eigenvalue weighted by molar-refractivity contribution is -0.117. The molecule has 2 heterocycles. The highest BCUT2D eigenvalue weighted by Crippen LogP contribution is 2.14. The maximum atomic E-state index is 12.2. The van der Waals surface area contributed by atoms with Gasteiger partial charge in [0, 0.05) is 28.1 Å². The van der Waals surface area contributed by atoms with Crippen molar-refractivity contribution < 1.29 is 4.79 Å². The number of aromatic nitrogens is 1. The zero-order valence-corrected chi connectivity index (χ0v) is 14.4. The number of benzene rings is 1. The number of amides is 1. The summed E-state index contributed by atoms with van der Waals surface area (Å²) in [6.45, 7) is 3.97. The van der Waals surface area contributed by atoms with E-state index in [1.54, 1.807) is 18.3 Å². The molecule has 0 fully saturated rings. The highest BCUT2D eigenvalue weighted by molar-refractivity contribution is 7.10. The average molecular weight is 338 g/mol. The molecule has 0 aliphatic rings. The number of fused-ring (bicyclic) bond motifs is 1. The van der Waals surface area contributed by atoms with Gasteiger partial charge in [0.2, 0.25) is 5.91 Å². The maximum Gasteiger partial charge on any atom is 0.253 e. The molecular formula is C19H18N2O2S. The Morgan fingerprint density at radius 1 is 1.29 bits per heavy atom. The Morgan fingerprint density at radius 2 is 2.12 bits per heavy atom. The Labute approximate surface area is 143 Å². The zero-order valence-electron chi connectivity index (χ0n) is 13.6. The normalized spacial score (nSPS) is 11.7. The van der Waals surface area contributed by atoms with Crippen LogP contribution < -0.4 is 10.9 Å². The summed E-state index contributed by atoms with van der Waals surface area (Å²) in [5.41, 5.74) is 2.91. The molecule has 5 heteroatoms. The predicted octanol–water partition coefficient (Wildman–Crippen LogP) is 3.62. The van der Waals surface area contributed by atoms with Gasteiger partial charge in [-0.2, -0.15) is 0 Å². The van der Waals surface area contributed by atoms with Gasteiger partial charge in [-0.05, 0) is 55.0 Å². The second-order valence-corrected chi connectivity index (χ2v) is 6.72. The van der Waals surface area contributed by atoms with Crippen molar-refractivity contribution in [2.75, 3.05) is 0 Å². The van der Waals surface area contributed by atoms with Crippen LogP contribution in [0.2, 0.25) is 0 Å². The van der Waals surface area contributed by atoms with Crippen molar-refractivity contribution in [2.45, 2.75) is 20.4 Å². The third-order valence-corrected chi connectivity index (χ3v) is 4.60.